The first-order valence-electron chi connectivity index (χ1n) is 11.6. The van der Waals surface area contributed by atoms with Crippen molar-refractivity contribution < 1.29 is 29.0 Å². The zero-order valence-electron chi connectivity index (χ0n) is 19.2. The average molecular weight is 467 g/mol. The Labute approximate surface area is 198 Å². The fourth-order valence-corrected chi connectivity index (χ4v) is 5.03. The molecule has 0 spiro atoms. The fourth-order valence-electron chi connectivity index (χ4n) is 5.03. The number of ether oxygens (including phenoxy) is 2. The van der Waals surface area contributed by atoms with Crippen LogP contribution in [0.3, 0.4) is 0 Å². The van der Waals surface area contributed by atoms with Gasteiger partial charge in [0.15, 0.2) is 6.04 Å². The molecule has 34 heavy (non-hydrogen) atoms. The van der Waals surface area contributed by atoms with Crippen molar-refractivity contribution in [2.24, 2.45) is 0 Å². The Kier molecular flexibility index (Phi) is 7.17. The molecule has 8 heteroatoms. The summed E-state index contributed by atoms with van der Waals surface area (Å²) in [5, 5.41) is 14.7. The SMILES string of the molecule is COC[C@H](NC(=O)C1(NC(=O)OCC2c3ccccc3-c3ccccc32)CCCCC1)C(=O)O. The molecule has 2 aliphatic rings. The molecule has 2 aromatic carbocycles. The van der Waals surface area contributed by atoms with Gasteiger partial charge in [0, 0.05) is 13.0 Å². The molecule has 4 rings (SSSR count). The minimum Gasteiger partial charge on any atom is -0.480 e. The van der Waals surface area contributed by atoms with E-state index in [1.54, 1.807) is 0 Å². The highest BCUT2D eigenvalue weighted by atomic mass is 16.5. The van der Waals surface area contributed by atoms with Crippen LogP contribution in [0, 0.1) is 0 Å². The van der Waals surface area contributed by atoms with Crippen molar-refractivity contribution in [1.82, 2.24) is 10.6 Å². The first kappa shape index (κ1) is 23.8. The van der Waals surface area contributed by atoms with Gasteiger partial charge in [0.05, 0.1) is 6.61 Å². The van der Waals surface area contributed by atoms with Crippen LogP contribution in [0.5, 0.6) is 0 Å². The maximum Gasteiger partial charge on any atom is 0.408 e. The molecular formula is C26H30N2O6. The van der Waals surface area contributed by atoms with E-state index in [4.69, 9.17) is 9.47 Å². The Morgan fingerprint density at radius 2 is 1.59 bits per heavy atom. The standard InChI is InChI=1S/C26H30N2O6/c1-33-16-22(23(29)30)27-24(31)26(13-7-2-8-14-26)28-25(32)34-15-21-19-11-5-3-9-17(19)18-10-4-6-12-20(18)21/h3-6,9-12,21-22H,2,7-8,13-16H2,1H3,(H,27,31)(H,28,32)(H,29,30)/t22-/m0/s1. The molecule has 0 radical (unpaired) electrons. The van der Waals surface area contributed by atoms with Crippen molar-refractivity contribution >= 4 is 18.0 Å². The monoisotopic (exact) mass is 466 g/mol. The second-order valence-corrected chi connectivity index (χ2v) is 8.91. The Morgan fingerprint density at radius 1 is 1.00 bits per heavy atom. The number of hydrogen-bond donors (Lipinski definition) is 3. The van der Waals surface area contributed by atoms with Gasteiger partial charge in [-0.05, 0) is 35.1 Å². The Hall–Kier alpha value is -3.39. The molecule has 1 fully saturated rings. The van der Waals surface area contributed by atoms with E-state index in [1.165, 1.54) is 7.11 Å². The highest BCUT2D eigenvalue weighted by Gasteiger charge is 2.43. The lowest BCUT2D eigenvalue weighted by Crippen LogP contribution is -2.62. The lowest BCUT2D eigenvalue weighted by molar-refractivity contribution is -0.144. The first-order chi connectivity index (χ1) is 16.4. The third-order valence-corrected chi connectivity index (χ3v) is 6.76. The summed E-state index contributed by atoms with van der Waals surface area (Å²) in [6.45, 7) is -0.0267. The van der Waals surface area contributed by atoms with Crippen molar-refractivity contribution in [3.05, 3.63) is 59.7 Å². The van der Waals surface area contributed by atoms with Crippen molar-refractivity contribution in [2.75, 3.05) is 20.3 Å². The molecule has 3 N–H and O–H groups in total. The maximum atomic E-state index is 13.1. The van der Waals surface area contributed by atoms with Gasteiger partial charge in [0.2, 0.25) is 5.91 Å². The normalized spacial score (nSPS) is 17.2. The predicted molar refractivity (Wildman–Crippen MR) is 125 cm³/mol. The van der Waals surface area contributed by atoms with Crippen molar-refractivity contribution in [3.8, 4) is 11.1 Å². The number of aliphatic carboxylic acids is 1. The van der Waals surface area contributed by atoms with Crippen LogP contribution in [-0.2, 0) is 19.1 Å². The molecule has 1 saturated carbocycles. The van der Waals surface area contributed by atoms with E-state index < -0.39 is 29.6 Å². The molecule has 0 heterocycles. The number of methoxy groups -OCH3 is 1. The summed E-state index contributed by atoms with van der Waals surface area (Å²) in [4.78, 5) is 37.5. The molecule has 0 bridgehead atoms. The smallest absolute Gasteiger partial charge is 0.408 e. The van der Waals surface area contributed by atoms with Gasteiger partial charge in [-0.1, -0.05) is 67.8 Å². The van der Waals surface area contributed by atoms with Crippen molar-refractivity contribution in [2.45, 2.75) is 49.6 Å². The topological polar surface area (TPSA) is 114 Å². The van der Waals surface area contributed by atoms with Crippen LogP contribution in [0.25, 0.3) is 11.1 Å². The summed E-state index contributed by atoms with van der Waals surface area (Å²) in [6, 6.07) is 14.9. The largest absolute Gasteiger partial charge is 0.480 e. The molecule has 0 aromatic heterocycles. The summed E-state index contributed by atoms with van der Waals surface area (Å²) in [5.74, 6) is -1.81. The lowest BCUT2D eigenvalue weighted by Gasteiger charge is -2.37. The molecule has 1 atom stereocenters. The number of carbonyl (C=O) groups is 3. The molecule has 0 saturated heterocycles. The third kappa shape index (κ3) is 4.77. The number of carboxylic acids is 1. The average Bonchev–Trinajstić information content (AvgIpc) is 3.16. The van der Waals surface area contributed by atoms with Crippen LogP contribution in [0.4, 0.5) is 4.79 Å². The molecular weight excluding hydrogens is 436 g/mol. The summed E-state index contributed by atoms with van der Waals surface area (Å²) < 4.78 is 10.6. The quantitative estimate of drug-likeness (QED) is 0.549. The fraction of sp³-hybridized carbons (Fsp3) is 0.423. The third-order valence-electron chi connectivity index (χ3n) is 6.76. The number of carboxylic acid groups (broad SMARTS) is 1. The molecule has 2 amide bonds. The Morgan fingerprint density at radius 3 is 2.15 bits per heavy atom. The van der Waals surface area contributed by atoms with E-state index >= 15 is 0 Å². The van der Waals surface area contributed by atoms with Gasteiger partial charge in [0.25, 0.3) is 0 Å². The molecule has 0 unspecified atom stereocenters. The second-order valence-electron chi connectivity index (χ2n) is 8.91. The van der Waals surface area contributed by atoms with Gasteiger partial charge in [0.1, 0.15) is 12.1 Å². The molecule has 0 aliphatic heterocycles. The van der Waals surface area contributed by atoms with Gasteiger partial charge in [-0.2, -0.15) is 0 Å². The van der Waals surface area contributed by atoms with Gasteiger partial charge in [-0.15, -0.1) is 0 Å². The van der Waals surface area contributed by atoms with E-state index in [-0.39, 0.29) is 19.1 Å². The number of hydrogen-bond acceptors (Lipinski definition) is 5. The Bertz CT molecular complexity index is 1020. The van der Waals surface area contributed by atoms with E-state index in [2.05, 4.69) is 22.8 Å². The van der Waals surface area contributed by atoms with E-state index in [0.717, 1.165) is 41.5 Å². The van der Waals surface area contributed by atoms with Crippen LogP contribution >= 0.6 is 0 Å². The second kappa shape index (κ2) is 10.3. The van der Waals surface area contributed by atoms with Gasteiger partial charge in [-0.3, -0.25) is 4.79 Å². The van der Waals surface area contributed by atoms with E-state index in [9.17, 15) is 19.5 Å². The zero-order valence-corrected chi connectivity index (χ0v) is 19.2. The number of fused-ring (bicyclic) bond motifs is 3. The first-order valence-corrected chi connectivity index (χ1v) is 11.6. The summed E-state index contributed by atoms with van der Waals surface area (Å²) >= 11 is 0. The maximum absolute atomic E-state index is 13.1. The van der Waals surface area contributed by atoms with Gasteiger partial charge in [-0.25, -0.2) is 9.59 Å². The number of amides is 2. The minimum absolute atomic E-state index is 0.0904. The molecule has 8 nitrogen and oxygen atoms in total. The van der Waals surface area contributed by atoms with Gasteiger partial charge >= 0.3 is 12.1 Å². The number of carbonyl (C=O) groups excluding carboxylic acids is 2. The summed E-state index contributed by atoms with van der Waals surface area (Å²) in [6.07, 6.45) is 2.60. The van der Waals surface area contributed by atoms with Crippen molar-refractivity contribution in [3.63, 3.8) is 0 Å². The van der Waals surface area contributed by atoms with Crippen LogP contribution in [0.2, 0.25) is 0 Å². The summed E-state index contributed by atoms with van der Waals surface area (Å²) in [7, 11) is 1.37. The highest BCUT2D eigenvalue weighted by molar-refractivity contribution is 5.93. The Balaban J connectivity index is 1.46. The lowest BCUT2D eigenvalue weighted by atomic mass is 9.80. The van der Waals surface area contributed by atoms with E-state index in [1.807, 2.05) is 36.4 Å². The number of alkyl carbamates (subject to hydrolysis) is 1. The van der Waals surface area contributed by atoms with Crippen LogP contribution in [-0.4, -0.2) is 55.0 Å². The van der Waals surface area contributed by atoms with Crippen molar-refractivity contribution in [1.29, 1.82) is 0 Å². The van der Waals surface area contributed by atoms with Crippen LogP contribution < -0.4 is 10.6 Å². The predicted octanol–water partition coefficient (Wildman–Crippen LogP) is 3.44. The van der Waals surface area contributed by atoms with E-state index in [0.29, 0.717) is 12.8 Å². The molecule has 2 aromatic rings. The summed E-state index contributed by atoms with van der Waals surface area (Å²) in [5.41, 5.74) is 3.26. The highest BCUT2D eigenvalue weighted by Crippen LogP contribution is 2.44. The van der Waals surface area contributed by atoms with Crippen LogP contribution in [0.15, 0.2) is 48.5 Å². The minimum atomic E-state index is -1.21. The number of benzene rings is 2. The zero-order chi connectivity index (χ0) is 24.1. The molecule has 2 aliphatic carbocycles. The van der Waals surface area contributed by atoms with Gasteiger partial charge < -0.3 is 25.2 Å². The number of rotatable bonds is 8. The molecule has 180 valence electrons. The van der Waals surface area contributed by atoms with Crippen LogP contribution in [0.1, 0.15) is 49.1 Å². The number of nitrogens with one attached hydrogen (secondary N) is 2.